The smallest absolute Gasteiger partial charge is 0.303 e. The summed E-state index contributed by atoms with van der Waals surface area (Å²) in [5, 5.41) is 18.9. The van der Waals surface area contributed by atoms with Gasteiger partial charge in [-0.1, -0.05) is 89.7 Å². The van der Waals surface area contributed by atoms with Crippen LogP contribution in [-0.4, -0.2) is 39.2 Å². The summed E-state index contributed by atoms with van der Waals surface area (Å²) in [6.07, 6.45) is 20.6. The lowest BCUT2D eigenvalue weighted by Gasteiger charge is -2.18. The van der Waals surface area contributed by atoms with Crippen LogP contribution in [0.25, 0.3) is 0 Å². The highest BCUT2D eigenvalue weighted by Gasteiger charge is 2.18. The number of carbonyl (C=O) groups excluding carboxylic acids is 1. The highest BCUT2D eigenvalue weighted by atomic mass is 32.2. The Kier molecular flexibility index (Phi) is 20.5. The van der Waals surface area contributed by atoms with E-state index in [0.717, 1.165) is 12.8 Å². The Bertz CT molecular complexity index is 456. The summed E-state index contributed by atoms with van der Waals surface area (Å²) in [4.78, 5) is 21.6. The van der Waals surface area contributed by atoms with Crippen LogP contribution in [0.15, 0.2) is 12.2 Å². The molecule has 0 saturated heterocycles. The molecule has 2 atom stereocenters. The Morgan fingerprint density at radius 2 is 1.43 bits per heavy atom. The van der Waals surface area contributed by atoms with Crippen molar-refractivity contribution in [2.45, 2.75) is 121 Å². The van der Waals surface area contributed by atoms with E-state index in [-0.39, 0.29) is 30.4 Å². The lowest BCUT2D eigenvalue weighted by atomic mass is 10.0. The van der Waals surface area contributed by atoms with Gasteiger partial charge in [0.25, 0.3) is 0 Å². The molecule has 0 aliphatic rings. The van der Waals surface area contributed by atoms with Crippen molar-refractivity contribution in [3.63, 3.8) is 0 Å². The van der Waals surface area contributed by atoms with Crippen LogP contribution in [-0.2, 0) is 9.59 Å². The van der Waals surface area contributed by atoms with E-state index in [9.17, 15) is 14.7 Å². The lowest BCUT2D eigenvalue weighted by molar-refractivity contribution is -0.137. The maximum Gasteiger partial charge on any atom is 0.303 e. The van der Waals surface area contributed by atoms with Gasteiger partial charge >= 0.3 is 5.97 Å². The van der Waals surface area contributed by atoms with Crippen molar-refractivity contribution in [2.24, 2.45) is 5.73 Å². The average molecular weight is 444 g/mol. The van der Waals surface area contributed by atoms with E-state index < -0.39 is 12.1 Å². The van der Waals surface area contributed by atoms with Gasteiger partial charge in [-0.3, -0.25) is 9.59 Å². The van der Waals surface area contributed by atoms with Crippen molar-refractivity contribution in [1.29, 1.82) is 0 Å². The molecule has 176 valence electrons. The number of unbranched alkanes of at least 4 members (excludes halogenated alkanes) is 12. The first-order valence-electron chi connectivity index (χ1n) is 11.9. The highest BCUT2D eigenvalue weighted by Crippen LogP contribution is 2.21. The average Bonchev–Trinajstić information content (AvgIpc) is 2.70. The fraction of sp³-hybridized carbons (Fsp3) is 0.833. The normalized spacial score (nSPS) is 13.5. The van der Waals surface area contributed by atoms with Gasteiger partial charge in [-0.05, 0) is 19.3 Å². The zero-order valence-corrected chi connectivity index (χ0v) is 19.8. The summed E-state index contributed by atoms with van der Waals surface area (Å²) in [5.41, 5.74) is 5.17. The predicted octanol–water partition coefficient (Wildman–Crippen LogP) is 5.84. The standard InChI is InChI=1S/C24H45NO4S/c1-2-3-4-5-6-7-8-9-10-11-12-13-14-15-16-22(30-20-19-23(25)27)21(26)17-18-24(28)29/h15-16,21-22,26H,2-14,17-20H2,1H3,(H2,25,27)(H,28,29)/b16-15-. The van der Waals surface area contributed by atoms with E-state index in [4.69, 9.17) is 10.8 Å². The third kappa shape index (κ3) is 20.3. The third-order valence-electron chi connectivity index (χ3n) is 5.24. The summed E-state index contributed by atoms with van der Waals surface area (Å²) in [6.45, 7) is 2.26. The number of aliphatic hydroxyl groups is 1. The van der Waals surface area contributed by atoms with Crippen LogP contribution in [0.5, 0.6) is 0 Å². The second-order valence-corrected chi connectivity index (χ2v) is 9.44. The summed E-state index contributed by atoms with van der Waals surface area (Å²) in [6, 6.07) is 0. The predicted molar refractivity (Wildman–Crippen MR) is 128 cm³/mol. The van der Waals surface area contributed by atoms with E-state index >= 15 is 0 Å². The Morgan fingerprint density at radius 3 is 1.93 bits per heavy atom. The number of carboxylic acids is 1. The van der Waals surface area contributed by atoms with Crippen molar-refractivity contribution in [1.82, 2.24) is 0 Å². The molecule has 0 aliphatic carbocycles. The minimum absolute atomic E-state index is 0.0549. The van der Waals surface area contributed by atoms with Crippen molar-refractivity contribution in [3.05, 3.63) is 12.2 Å². The number of aliphatic hydroxyl groups excluding tert-OH is 1. The number of thioether (sulfide) groups is 1. The molecule has 0 aromatic heterocycles. The van der Waals surface area contributed by atoms with Gasteiger partial charge in [0.15, 0.2) is 0 Å². The van der Waals surface area contributed by atoms with Crippen LogP contribution in [0.2, 0.25) is 0 Å². The monoisotopic (exact) mass is 443 g/mol. The fourth-order valence-electron chi connectivity index (χ4n) is 3.36. The molecule has 0 aromatic carbocycles. The number of hydrogen-bond acceptors (Lipinski definition) is 4. The Hall–Kier alpha value is -1.01. The van der Waals surface area contributed by atoms with Gasteiger partial charge in [0.05, 0.1) is 6.10 Å². The number of rotatable bonds is 22. The first kappa shape index (κ1) is 29.0. The number of nitrogens with two attached hydrogens (primary N) is 1. The molecular formula is C24H45NO4S. The number of hydrogen-bond donors (Lipinski definition) is 3. The van der Waals surface area contributed by atoms with Crippen molar-refractivity contribution >= 4 is 23.6 Å². The second-order valence-electron chi connectivity index (χ2n) is 8.16. The Labute approximate surface area is 188 Å². The number of allylic oxidation sites excluding steroid dienone is 1. The molecule has 0 radical (unpaired) electrons. The van der Waals surface area contributed by atoms with E-state index in [1.54, 1.807) is 0 Å². The molecular weight excluding hydrogens is 398 g/mol. The zero-order chi connectivity index (χ0) is 22.5. The van der Waals surface area contributed by atoms with E-state index in [1.807, 2.05) is 6.08 Å². The van der Waals surface area contributed by atoms with Crippen LogP contribution >= 0.6 is 11.8 Å². The van der Waals surface area contributed by atoms with Crippen LogP contribution in [0.4, 0.5) is 0 Å². The quantitative estimate of drug-likeness (QED) is 0.144. The summed E-state index contributed by atoms with van der Waals surface area (Å²) >= 11 is 1.46. The maximum absolute atomic E-state index is 10.9. The van der Waals surface area contributed by atoms with E-state index in [0.29, 0.717) is 5.75 Å². The van der Waals surface area contributed by atoms with Crippen LogP contribution < -0.4 is 5.73 Å². The van der Waals surface area contributed by atoms with Gasteiger partial charge in [0.1, 0.15) is 0 Å². The topological polar surface area (TPSA) is 101 Å². The fourth-order valence-corrected chi connectivity index (χ4v) is 4.53. The SMILES string of the molecule is CCCCCCCCCCCCCC/C=C\C(SCCC(N)=O)C(O)CCC(=O)O. The second kappa shape index (κ2) is 21.2. The number of aliphatic carboxylic acids is 1. The molecule has 0 saturated carbocycles. The van der Waals surface area contributed by atoms with Crippen LogP contribution in [0.1, 0.15) is 110 Å². The molecule has 0 spiro atoms. The third-order valence-corrected chi connectivity index (χ3v) is 6.54. The minimum atomic E-state index is -0.907. The molecule has 0 aromatic rings. The van der Waals surface area contributed by atoms with Crippen LogP contribution in [0, 0.1) is 0 Å². The van der Waals surface area contributed by atoms with Crippen LogP contribution in [0.3, 0.4) is 0 Å². The number of primary amides is 1. The first-order chi connectivity index (χ1) is 14.5. The lowest BCUT2D eigenvalue weighted by Crippen LogP contribution is -2.23. The van der Waals surface area contributed by atoms with E-state index in [2.05, 4.69) is 13.0 Å². The minimum Gasteiger partial charge on any atom is -0.481 e. The van der Waals surface area contributed by atoms with Gasteiger partial charge in [0.2, 0.25) is 5.91 Å². The number of carboxylic acid groups (broad SMARTS) is 1. The maximum atomic E-state index is 10.9. The van der Waals surface area contributed by atoms with Crippen molar-refractivity contribution in [2.75, 3.05) is 5.75 Å². The number of amides is 1. The van der Waals surface area contributed by atoms with Crippen molar-refractivity contribution in [3.8, 4) is 0 Å². The molecule has 0 bridgehead atoms. The van der Waals surface area contributed by atoms with Gasteiger partial charge in [-0.25, -0.2) is 0 Å². The largest absolute Gasteiger partial charge is 0.481 e. The first-order valence-corrected chi connectivity index (χ1v) is 13.0. The molecule has 0 heterocycles. The van der Waals surface area contributed by atoms with E-state index in [1.165, 1.54) is 82.4 Å². The molecule has 0 fully saturated rings. The van der Waals surface area contributed by atoms with Crippen molar-refractivity contribution < 1.29 is 19.8 Å². The molecule has 1 amide bonds. The summed E-state index contributed by atoms with van der Waals surface area (Å²) in [5.74, 6) is -0.732. The molecule has 2 unspecified atom stereocenters. The zero-order valence-electron chi connectivity index (χ0n) is 19.0. The summed E-state index contributed by atoms with van der Waals surface area (Å²) in [7, 11) is 0. The molecule has 0 aliphatic heterocycles. The van der Waals surface area contributed by atoms with Gasteiger partial charge in [-0.15, -0.1) is 0 Å². The van der Waals surface area contributed by atoms with Gasteiger partial charge < -0.3 is 15.9 Å². The molecule has 6 heteroatoms. The number of carbonyl (C=O) groups is 2. The van der Waals surface area contributed by atoms with Gasteiger partial charge in [-0.2, -0.15) is 11.8 Å². The Balaban J connectivity index is 3.86. The van der Waals surface area contributed by atoms with Gasteiger partial charge in [0, 0.05) is 23.8 Å². The summed E-state index contributed by atoms with van der Waals surface area (Å²) < 4.78 is 0. The molecule has 5 nitrogen and oxygen atoms in total. The highest BCUT2D eigenvalue weighted by molar-refractivity contribution is 8.00. The Morgan fingerprint density at radius 1 is 0.900 bits per heavy atom. The molecule has 0 rings (SSSR count). The molecule has 30 heavy (non-hydrogen) atoms. The molecule has 4 N–H and O–H groups in total.